The van der Waals surface area contributed by atoms with Crippen molar-refractivity contribution in [3.8, 4) is 11.1 Å². The smallest absolute Gasteiger partial charge is 0.338 e. The molecule has 2 N–H and O–H groups in total. The third-order valence-corrected chi connectivity index (χ3v) is 5.93. The van der Waals surface area contributed by atoms with Crippen LogP contribution in [0, 0.1) is 0 Å². The average molecular weight is 477 g/mol. The Labute approximate surface area is 200 Å². The SMILES string of the molecule is COC(=O)CC(O)(CC(O)CCCCCCc1ccc(Cl)cc1-c1ccccc1)C(=O)OC. The third kappa shape index (κ3) is 8.46. The highest BCUT2D eigenvalue weighted by atomic mass is 35.5. The zero-order chi connectivity index (χ0) is 24.3. The topological polar surface area (TPSA) is 93.1 Å². The van der Waals surface area contributed by atoms with Crippen molar-refractivity contribution in [2.24, 2.45) is 0 Å². The van der Waals surface area contributed by atoms with E-state index in [1.165, 1.54) is 12.7 Å². The lowest BCUT2D eigenvalue weighted by atomic mass is 9.90. The Kier molecular flexibility index (Phi) is 10.8. The van der Waals surface area contributed by atoms with Crippen molar-refractivity contribution in [2.45, 2.75) is 63.1 Å². The fraction of sp³-hybridized carbons (Fsp3) is 0.462. The van der Waals surface area contributed by atoms with Crippen LogP contribution in [0.3, 0.4) is 0 Å². The molecule has 33 heavy (non-hydrogen) atoms. The summed E-state index contributed by atoms with van der Waals surface area (Å²) in [6, 6.07) is 16.1. The van der Waals surface area contributed by atoms with Crippen LogP contribution in [0.5, 0.6) is 0 Å². The van der Waals surface area contributed by atoms with Crippen LogP contribution >= 0.6 is 11.6 Å². The summed E-state index contributed by atoms with van der Waals surface area (Å²) in [4.78, 5) is 23.5. The Morgan fingerprint density at radius 1 is 1.00 bits per heavy atom. The predicted molar refractivity (Wildman–Crippen MR) is 128 cm³/mol. The molecule has 2 unspecified atom stereocenters. The summed E-state index contributed by atoms with van der Waals surface area (Å²) in [6.07, 6.45) is 3.18. The zero-order valence-corrected chi connectivity index (χ0v) is 20.0. The van der Waals surface area contributed by atoms with Gasteiger partial charge in [-0.3, -0.25) is 4.79 Å². The number of aliphatic hydroxyl groups is 2. The van der Waals surface area contributed by atoms with Gasteiger partial charge in [0.25, 0.3) is 0 Å². The van der Waals surface area contributed by atoms with Crippen molar-refractivity contribution in [3.63, 3.8) is 0 Å². The quantitative estimate of drug-likeness (QED) is 0.321. The summed E-state index contributed by atoms with van der Waals surface area (Å²) < 4.78 is 9.13. The number of ether oxygens (including phenoxy) is 2. The Bertz CT molecular complexity index is 901. The summed E-state index contributed by atoms with van der Waals surface area (Å²) in [7, 11) is 2.30. The second-order valence-electron chi connectivity index (χ2n) is 8.25. The average Bonchev–Trinajstić information content (AvgIpc) is 2.81. The highest BCUT2D eigenvalue weighted by molar-refractivity contribution is 6.30. The van der Waals surface area contributed by atoms with Crippen molar-refractivity contribution in [1.29, 1.82) is 0 Å². The number of esters is 2. The normalized spacial score (nSPS) is 13.7. The van der Waals surface area contributed by atoms with E-state index in [2.05, 4.69) is 27.7 Å². The molecule has 2 aromatic carbocycles. The summed E-state index contributed by atoms with van der Waals surface area (Å²) in [5.74, 6) is -1.70. The summed E-state index contributed by atoms with van der Waals surface area (Å²) >= 11 is 6.21. The first kappa shape index (κ1) is 26.8. The number of carbonyl (C=O) groups excluding carboxylic acids is 2. The molecule has 180 valence electrons. The maximum atomic E-state index is 11.9. The molecule has 2 rings (SSSR count). The van der Waals surface area contributed by atoms with Crippen LogP contribution in [-0.2, 0) is 25.5 Å². The number of unbranched alkanes of at least 4 members (excludes halogenated alkanes) is 3. The van der Waals surface area contributed by atoms with E-state index in [0.29, 0.717) is 11.4 Å². The Morgan fingerprint density at radius 2 is 1.70 bits per heavy atom. The van der Waals surface area contributed by atoms with Gasteiger partial charge in [0.05, 0.1) is 26.7 Å². The molecule has 0 bridgehead atoms. The van der Waals surface area contributed by atoms with E-state index in [0.717, 1.165) is 50.3 Å². The van der Waals surface area contributed by atoms with Gasteiger partial charge in [0.15, 0.2) is 5.60 Å². The molecule has 0 aliphatic carbocycles. The summed E-state index contributed by atoms with van der Waals surface area (Å²) in [6.45, 7) is 0. The molecule has 0 amide bonds. The van der Waals surface area contributed by atoms with Crippen LogP contribution in [0.25, 0.3) is 11.1 Å². The molecule has 6 nitrogen and oxygen atoms in total. The molecule has 2 atom stereocenters. The number of carbonyl (C=O) groups is 2. The maximum absolute atomic E-state index is 11.9. The molecule has 7 heteroatoms. The number of benzene rings is 2. The van der Waals surface area contributed by atoms with E-state index < -0.39 is 30.1 Å². The van der Waals surface area contributed by atoms with E-state index >= 15 is 0 Å². The predicted octanol–water partition coefficient (Wildman–Crippen LogP) is 4.72. The molecule has 0 aromatic heterocycles. The molecular weight excluding hydrogens is 444 g/mol. The molecule has 0 aliphatic rings. The monoisotopic (exact) mass is 476 g/mol. The van der Waals surface area contributed by atoms with Crippen molar-refractivity contribution >= 4 is 23.5 Å². The van der Waals surface area contributed by atoms with Gasteiger partial charge in [-0.15, -0.1) is 0 Å². The first-order valence-corrected chi connectivity index (χ1v) is 11.6. The number of methoxy groups -OCH3 is 2. The Morgan fingerprint density at radius 3 is 2.36 bits per heavy atom. The van der Waals surface area contributed by atoms with Crippen LogP contribution in [0.1, 0.15) is 50.5 Å². The second-order valence-corrected chi connectivity index (χ2v) is 8.69. The van der Waals surface area contributed by atoms with Gasteiger partial charge < -0.3 is 19.7 Å². The summed E-state index contributed by atoms with van der Waals surface area (Å²) in [5.41, 5.74) is 1.44. The minimum absolute atomic E-state index is 0.278. The van der Waals surface area contributed by atoms with Gasteiger partial charge >= 0.3 is 11.9 Å². The number of halogens is 1. The van der Waals surface area contributed by atoms with Crippen LogP contribution in [0.15, 0.2) is 48.5 Å². The van der Waals surface area contributed by atoms with Gasteiger partial charge in [-0.25, -0.2) is 4.79 Å². The van der Waals surface area contributed by atoms with Gasteiger partial charge in [0, 0.05) is 11.4 Å². The molecule has 0 spiro atoms. The fourth-order valence-corrected chi connectivity index (χ4v) is 4.09. The highest BCUT2D eigenvalue weighted by Crippen LogP contribution is 2.28. The van der Waals surface area contributed by atoms with Crippen LogP contribution in [0.2, 0.25) is 5.02 Å². The first-order valence-electron chi connectivity index (χ1n) is 11.2. The van der Waals surface area contributed by atoms with E-state index in [9.17, 15) is 19.8 Å². The van der Waals surface area contributed by atoms with Gasteiger partial charge in [0.1, 0.15) is 0 Å². The number of aliphatic hydroxyl groups excluding tert-OH is 1. The molecule has 0 aliphatic heterocycles. The molecular formula is C26H33ClO6. The largest absolute Gasteiger partial charge is 0.469 e. The molecule has 0 heterocycles. The number of rotatable bonds is 13. The van der Waals surface area contributed by atoms with Crippen molar-refractivity contribution < 1.29 is 29.3 Å². The molecule has 0 radical (unpaired) electrons. The van der Waals surface area contributed by atoms with Crippen LogP contribution < -0.4 is 0 Å². The van der Waals surface area contributed by atoms with Gasteiger partial charge in [0.2, 0.25) is 0 Å². The molecule has 2 aromatic rings. The standard InChI is InChI=1S/C26H33ClO6/c1-32-24(29)18-26(31,25(30)33-2)17-22(28)13-9-4-3-6-12-20-14-15-21(27)16-23(20)19-10-7-5-8-11-19/h5,7-8,10-11,14-16,22,28,31H,3-4,6,9,12-13,17-18H2,1-2H3. The second kappa shape index (κ2) is 13.3. The number of hydrogen-bond donors (Lipinski definition) is 2. The Hall–Kier alpha value is -2.41. The van der Waals surface area contributed by atoms with E-state index in [-0.39, 0.29) is 6.42 Å². The first-order chi connectivity index (χ1) is 15.8. The lowest BCUT2D eigenvalue weighted by molar-refractivity contribution is -0.172. The van der Waals surface area contributed by atoms with E-state index in [1.54, 1.807) is 0 Å². The van der Waals surface area contributed by atoms with Gasteiger partial charge in [-0.05, 0) is 48.1 Å². The third-order valence-electron chi connectivity index (χ3n) is 5.69. The van der Waals surface area contributed by atoms with Crippen LogP contribution in [-0.4, -0.2) is 48.1 Å². The lowest BCUT2D eigenvalue weighted by Crippen LogP contribution is -2.44. The molecule has 0 fully saturated rings. The maximum Gasteiger partial charge on any atom is 0.338 e. The summed E-state index contributed by atoms with van der Waals surface area (Å²) in [5, 5.41) is 21.5. The zero-order valence-electron chi connectivity index (χ0n) is 19.3. The Balaban J connectivity index is 1.80. The number of hydrogen-bond acceptors (Lipinski definition) is 6. The fourth-order valence-electron chi connectivity index (χ4n) is 3.92. The van der Waals surface area contributed by atoms with Crippen LogP contribution in [0.4, 0.5) is 0 Å². The van der Waals surface area contributed by atoms with Crippen molar-refractivity contribution in [1.82, 2.24) is 0 Å². The van der Waals surface area contributed by atoms with Gasteiger partial charge in [-0.2, -0.15) is 0 Å². The lowest BCUT2D eigenvalue weighted by Gasteiger charge is -2.26. The number of aryl methyl sites for hydroxylation is 1. The van der Waals surface area contributed by atoms with Crippen molar-refractivity contribution in [3.05, 3.63) is 59.1 Å². The van der Waals surface area contributed by atoms with E-state index in [1.807, 2.05) is 30.3 Å². The van der Waals surface area contributed by atoms with E-state index in [4.69, 9.17) is 11.6 Å². The highest BCUT2D eigenvalue weighted by Gasteiger charge is 2.41. The minimum Gasteiger partial charge on any atom is -0.469 e. The van der Waals surface area contributed by atoms with Crippen molar-refractivity contribution in [2.75, 3.05) is 14.2 Å². The molecule has 0 saturated carbocycles. The van der Waals surface area contributed by atoms with Gasteiger partial charge in [-0.1, -0.05) is 67.3 Å². The molecule has 0 saturated heterocycles. The minimum atomic E-state index is -2.09.